The van der Waals surface area contributed by atoms with Gasteiger partial charge >= 0.3 is 0 Å². The lowest BCUT2D eigenvalue weighted by atomic mass is 10.3. The summed E-state index contributed by atoms with van der Waals surface area (Å²) >= 11 is 0. The smallest absolute Gasteiger partial charge is 0.220 e. The Hall–Kier alpha value is -2.40. The third-order valence-corrected chi connectivity index (χ3v) is 6.89. The summed E-state index contributed by atoms with van der Waals surface area (Å²) in [6, 6.07) is 1.58. The zero-order valence-corrected chi connectivity index (χ0v) is 18.5. The molecule has 3 rings (SSSR count). The van der Waals surface area contributed by atoms with Crippen molar-refractivity contribution in [2.45, 2.75) is 39.0 Å². The zero-order valence-electron chi connectivity index (χ0n) is 17.7. The summed E-state index contributed by atoms with van der Waals surface area (Å²) < 4.78 is 33.6. The Kier molecular flexibility index (Phi) is 7.86. The number of unbranched alkanes of at least 4 members (excludes halogenated alkanes) is 1. The molecule has 2 aromatic heterocycles. The second-order valence-corrected chi connectivity index (χ2v) is 9.21. The molecule has 0 saturated carbocycles. The van der Waals surface area contributed by atoms with E-state index < -0.39 is 10.0 Å². The van der Waals surface area contributed by atoms with Gasteiger partial charge < -0.3 is 19.3 Å². The van der Waals surface area contributed by atoms with E-state index in [-0.39, 0.29) is 5.75 Å². The number of hydrogen-bond donors (Lipinski definition) is 1. The largest absolute Gasteiger partial charge is 0.364 e. The Morgan fingerprint density at radius 3 is 2.70 bits per heavy atom. The molecule has 1 fully saturated rings. The van der Waals surface area contributed by atoms with Crippen molar-refractivity contribution in [2.75, 3.05) is 39.3 Å². The fourth-order valence-corrected chi connectivity index (χ4v) is 4.84. The molecule has 0 aromatic carbocycles. The molecule has 0 spiro atoms. The summed E-state index contributed by atoms with van der Waals surface area (Å²) in [5, 5.41) is 7.03. The van der Waals surface area contributed by atoms with E-state index in [4.69, 9.17) is 9.52 Å². The summed E-state index contributed by atoms with van der Waals surface area (Å²) in [4.78, 5) is 11.1. The molecule has 30 heavy (non-hydrogen) atoms. The SMILES string of the molecule is CCNC(=NCCCCn1ccnc1C)N1CCN(S(=O)(=O)Cc2ccon2)CC1. The number of hydrogen-bond acceptors (Lipinski definition) is 6. The molecule has 3 heterocycles. The van der Waals surface area contributed by atoms with Gasteiger partial charge in [-0.3, -0.25) is 4.99 Å². The lowest BCUT2D eigenvalue weighted by Gasteiger charge is -2.35. The van der Waals surface area contributed by atoms with Gasteiger partial charge in [-0.05, 0) is 26.7 Å². The van der Waals surface area contributed by atoms with Gasteiger partial charge in [-0.25, -0.2) is 13.4 Å². The third-order valence-electron chi connectivity index (χ3n) is 5.08. The first-order chi connectivity index (χ1) is 14.5. The Labute approximate surface area is 178 Å². The van der Waals surface area contributed by atoms with Crippen molar-refractivity contribution in [3.8, 4) is 0 Å². The Morgan fingerprint density at radius 1 is 1.27 bits per heavy atom. The van der Waals surface area contributed by atoms with Crippen LogP contribution in [0.5, 0.6) is 0 Å². The number of aromatic nitrogens is 3. The first-order valence-corrected chi connectivity index (χ1v) is 12.0. The first kappa shape index (κ1) is 22.3. The molecule has 1 aliphatic rings. The van der Waals surface area contributed by atoms with Gasteiger partial charge in [-0.2, -0.15) is 4.31 Å². The highest BCUT2D eigenvalue weighted by molar-refractivity contribution is 7.88. The van der Waals surface area contributed by atoms with Gasteiger partial charge in [0.15, 0.2) is 5.96 Å². The van der Waals surface area contributed by atoms with Gasteiger partial charge in [-0.1, -0.05) is 5.16 Å². The molecule has 0 amide bonds. The molecule has 0 radical (unpaired) electrons. The van der Waals surface area contributed by atoms with Gasteiger partial charge in [0, 0.05) is 64.3 Å². The summed E-state index contributed by atoms with van der Waals surface area (Å²) in [6.07, 6.45) is 7.23. The maximum absolute atomic E-state index is 12.6. The molecule has 10 nitrogen and oxygen atoms in total. The van der Waals surface area contributed by atoms with Crippen LogP contribution in [0, 0.1) is 6.92 Å². The maximum Gasteiger partial charge on any atom is 0.220 e. The van der Waals surface area contributed by atoms with E-state index in [1.807, 2.05) is 26.2 Å². The Bertz CT molecular complexity index is 900. The summed E-state index contributed by atoms with van der Waals surface area (Å²) in [5.41, 5.74) is 0.429. The Balaban J connectivity index is 1.47. The fourth-order valence-electron chi connectivity index (χ4n) is 3.41. The van der Waals surface area contributed by atoms with Gasteiger partial charge in [0.25, 0.3) is 0 Å². The molecule has 1 N–H and O–H groups in total. The van der Waals surface area contributed by atoms with Crippen LogP contribution in [-0.4, -0.2) is 77.6 Å². The van der Waals surface area contributed by atoms with Crippen molar-refractivity contribution in [1.82, 2.24) is 29.2 Å². The molecule has 1 saturated heterocycles. The van der Waals surface area contributed by atoms with E-state index >= 15 is 0 Å². The van der Waals surface area contributed by atoms with Crippen LogP contribution in [0.25, 0.3) is 0 Å². The number of sulfonamides is 1. The van der Waals surface area contributed by atoms with Crippen LogP contribution in [0.3, 0.4) is 0 Å². The lowest BCUT2D eigenvalue weighted by molar-refractivity contribution is 0.259. The highest BCUT2D eigenvalue weighted by Gasteiger charge is 2.28. The topological polar surface area (TPSA) is 109 Å². The molecular formula is C19H31N7O3S. The second kappa shape index (κ2) is 10.6. The second-order valence-electron chi connectivity index (χ2n) is 7.24. The van der Waals surface area contributed by atoms with E-state index in [0.29, 0.717) is 31.9 Å². The normalized spacial score (nSPS) is 16.2. The summed E-state index contributed by atoms with van der Waals surface area (Å²) in [5.74, 6) is 1.75. The quantitative estimate of drug-likeness (QED) is 0.355. The highest BCUT2D eigenvalue weighted by Crippen LogP contribution is 2.13. The zero-order chi connectivity index (χ0) is 21.4. The number of aliphatic imine (C=N–C) groups is 1. The van der Waals surface area contributed by atoms with Gasteiger partial charge in [0.2, 0.25) is 10.0 Å². The number of nitrogens with one attached hydrogen (secondary N) is 1. The molecule has 0 bridgehead atoms. The van der Waals surface area contributed by atoms with E-state index in [2.05, 4.69) is 24.9 Å². The molecule has 2 aromatic rings. The molecule has 0 atom stereocenters. The number of piperazine rings is 1. The van der Waals surface area contributed by atoms with Crippen molar-refractivity contribution >= 4 is 16.0 Å². The van der Waals surface area contributed by atoms with E-state index in [1.54, 1.807) is 6.07 Å². The molecule has 0 unspecified atom stereocenters. The summed E-state index contributed by atoms with van der Waals surface area (Å²) in [7, 11) is -3.40. The van der Waals surface area contributed by atoms with Crippen LogP contribution in [0.1, 0.15) is 31.3 Å². The van der Waals surface area contributed by atoms with Crippen molar-refractivity contribution < 1.29 is 12.9 Å². The minimum Gasteiger partial charge on any atom is -0.364 e. The number of nitrogens with zero attached hydrogens (tertiary/aromatic N) is 6. The van der Waals surface area contributed by atoms with E-state index in [0.717, 1.165) is 44.3 Å². The fraction of sp³-hybridized carbons (Fsp3) is 0.632. The molecule has 11 heteroatoms. The van der Waals surface area contributed by atoms with Crippen molar-refractivity contribution in [1.29, 1.82) is 0 Å². The molecule has 166 valence electrons. The minimum absolute atomic E-state index is 0.131. The first-order valence-electron chi connectivity index (χ1n) is 10.4. The van der Waals surface area contributed by atoms with E-state index in [9.17, 15) is 8.42 Å². The highest BCUT2D eigenvalue weighted by atomic mass is 32.2. The van der Waals surface area contributed by atoms with Gasteiger partial charge in [0.1, 0.15) is 17.8 Å². The summed E-state index contributed by atoms with van der Waals surface area (Å²) in [6.45, 7) is 8.59. The van der Waals surface area contributed by atoms with Crippen molar-refractivity contribution in [2.24, 2.45) is 4.99 Å². The average Bonchev–Trinajstić information content (AvgIpc) is 3.38. The van der Waals surface area contributed by atoms with Crippen LogP contribution >= 0.6 is 0 Å². The van der Waals surface area contributed by atoms with Crippen LogP contribution in [0.2, 0.25) is 0 Å². The number of guanidine groups is 1. The Morgan fingerprint density at radius 2 is 2.07 bits per heavy atom. The van der Waals surface area contributed by atoms with Gasteiger partial charge in [0.05, 0.1) is 5.69 Å². The van der Waals surface area contributed by atoms with Crippen LogP contribution in [0.15, 0.2) is 34.2 Å². The monoisotopic (exact) mass is 437 g/mol. The molecule has 1 aliphatic heterocycles. The number of aryl methyl sites for hydroxylation is 2. The van der Waals surface area contributed by atoms with E-state index in [1.165, 1.54) is 10.6 Å². The maximum atomic E-state index is 12.6. The van der Waals surface area contributed by atoms with Crippen LogP contribution in [0.4, 0.5) is 0 Å². The molecule has 0 aliphatic carbocycles. The average molecular weight is 438 g/mol. The third kappa shape index (κ3) is 6.05. The minimum atomic E-state index is -3.40. The van der Waals surface area contributed by atoms with Gasteiger partial charge in [-0.15, -0.1) is 0 Å². The molecular weight excluding hydrogens is 406 g/mol. The van der Waals surface area contributed by atoms with Crippen molar-refractivity contribution in [3.05, 3.63) is 36.2 Å². The van der Waals surface area contributed by atoms with Crippen molar-refractivity contribution in [3.63, 3.8) is 0 Å². The van der Waals surface area contributed by atoms with Crippen LogP contribution < -0.4 is 5.32 Å². The number of imidazole rings is 1. The number of rotatable bonds is 9. The lowest BCUT2D eigenvalue weighted by Crippen LogP contribution is -2.53. The predicted molar refractivity (Wildman–Crippen MR) is 114 cm³/mol. The van der Waals surface area contributed by atoms with Crippen LogP contribution in [-0.2, 0) is 22.3 Å². The standard InChI is InChI=1S/C19H31N7O3S/c1-3-20-19(22-7-4-5-9-24-10-8-21-17(24)2)25-11-13-26(14-12-25)30(27,28)16-18-6-15-29-23-18/h6,8,10,15H,3-5,7,9,11-14,16H2,1-2H3,(H,20,22). The predicted octanol–water partition coefficient (Wildman–Crippen LogP) is 1.07.